The molecule has 1 rings (SSSR count). The second-order valence-electron chi connectivity index (χ2n) is 2.68. The highest BCUT2D eigenvalue weighted by atomic mass is 16.5. The highest BCUT2D eigenvalue weighted by Gasteiger charge is 2.03. The number of carbonyl (C=O) groups is 1. The first kappa shape index (κ1) is 10.3. The maximum absolute atomic E-state index is 11.0. The molecule has 1 amide bonds. The van der Waals surface area contributed by atoms with Crippen molar-refractivity contribution in [2.45, 2.75) is 6.92 Å². The largest absolute Gasteiger partial charge is 0.453 e. The monoisotopic (exact) mass is 191 g/mol. The maximum atomic E-state index is 11.0. The molecule has 3 heteroatoms. The Morgan fingerprint density at radius 2 is 2.00 bits per heavy atom. The number of ether oxygens (including phenoxy) is 1. The lowest BCUT2D eigenvalue weighted by atomic mass is 10.1. The number of alkyl carbamates (subject to hydrolysis) is 1. The molecule has 0 fully saturated rings. The van der Waals surface area contributed by atoms with Gasteiger partial charge in [0.15, 0.2) is 0 Å². The van der Waals surface area contributed by atoms with E-state index in [9.17, 15) is 4.79 Å². The van der Waals surface area contributed by atoms with Gasteiger partial charge in [0.2, 0.25) is 0 Å². The van der Waals surface area contributed by atoms with E-state index in [1.807, 2.05) is 43.3 Å². The predicted octanol–water partition coefficient (Wildman–Crippen LogP) is 2.40. The van der Waals surface area contributed by atoms with Crippen molar-refractivity contribution in [3.8, 4) is 0 Å². The molecule has 0 unspecified atom stereocenters. The van der Waals surface area contributed by atoms with Crippen molar-refractivity contribution in [3.05, 3.63) is 42.0 Å². The SMILES string of the molecule is C/C=C(/NC(=O)OC)c1ccccc1. The van der Waals surface area contributed by atoms with Crippen LogP contribution in [0, 0.1) is 0 Å². The van der Waals surface area contributed by atoms with E-state index in [2.05, 4.69) is 10.1 Å². The molecule has 0 aliphatic rings. The van der Waals surface area contributed by atoms with E-state index in [1.54, 1.807) is 0 Å². The van der Waals surface area contributed by atoms with E-state index < -0.39 is 6.09 Å². The molecule has 3 nitrogen and oxygen atoms in total. The van der Waals surface area contributed by atoms with Gasteiger partial charge in [-0.15, -0.1) is 0 Å². The minimum atomic E-state index is -0.457. The molecule has 0 radical (unpaired) electrons. The molecule has 74 valence electrons. The first-order valence-electron chi connectivity index (χ1n) is 4.34. The minimum Gasteiger partial charge on any atom is -0.453 e. The lowest BCUT2D eigenvalue weighted by Gasteiger charge is -2.07. The molecule has 0 aliphatic carbocycles. The number of rotatable bonds is 2. The number of hydrogen-bond acceptors (Lipinski definition) is 2. The molecule has 0 bridgehead atoms. The summed E-state index contributed by atoms with van der Waals surface area (Å²) in [6.07, 6.45) is 1.37. The molecule has 14 heavy (non-hydrogen) atoms. The Morgan fingerprint density at radius 1 is 1.36 bits per heavy atom. The third-order valence-electron chi connectivity index (χ3n) is 1.80. The van der Waals surface area contributed by atoms with Crippen LogP contribution >= 0.6 is 0 Å². The summed E-state index contributed by atoms with van der Waals surface area (Å²) >= 11 is 0. The van der Waals surface area contributed by atoms with Crippen LogP contribution in [-0.2, 0) is 4.74 Å². The molecular formula is C11H13NO2. The van der Waals surface area contributed by atoms with Gasteiger partial charge in [-0.25, -0.2) is 4.79 Å². The Bertz CT molecular complexity index is 330. The second-order valence-corrected chi connectivity index (χ2v) is 2.68. The van der Waals surface area contributed by atoms with Gasteiger partial charge >= 0.3 is 6.09 Å². The van der Waals surface area contributed by atoms with Crippen molar-refractivity contribution < 1.29 is 9.53 Å². The number of allylic oxidation sites excluding steroid dienone is 1. The van der Waals surface area contributed by atoms with Crippen molar-refractivity contribution in [2.75, 3.05) is 7.11 Å². The standard InChI is InChI=1S/C11H13NO2/c1-3-10(12-11(13)14-2)9-7-5-4-6-8-9/h3-8H,1-2H3,(H,12,13)/b10-3+. The summed E-state index contributed by atoms with van der Waals surface area (Å²) in [7, 11) is 1.34. The van der Waals surface area contributed by atoms with E-state index in [4.69, 9.17) is 0 Å². The summed E-state index contributed by atoms with van der Waals surface area (Å²) < 4.78 is 4.51. The highest BCUT2D eigenvalue weighted by molar-refractivity contribution is 5.81. The van der Waals surface area contributed by atoms with Crippen LogP contribution in [0.15, 0.2) is 36.4 Å². The van der Waals surface area contributed by atoms with Gasteiger partial charge in [-0.2, -0.15) is 0 Å². The highest BCUT2D eigenvalue weighted by Crippen LogP contribution is 2.10. The van der Waals surface area contributed by atoms with Crippen LogP contribution in [0.5, 0.6) is 0 Å². The topological polar surface area (TPSA) is 38.3 Å². The smallest absolute Gasteiger partial charge is 0.411 e. The van der Waals surface area contributed by atoms with Crippen molar-refractivity contribution >= 4 is 11.8 Å². The summed E-state index contributed by atoms with van der Waals surface area (Å²) in [5.41, 5.74) is 1.71. The number of benzene rings is 1. The molecule has 0 heterocycles. The summed E-state index contributed by atoms with van der Waals surface area (Å²) in [6.45, 7) is 1.86. The van der Waals surface area contributed by atoms with Gasteiger partial charge in [0, 0.05) is 5.70 Å². The van der Waals surface area contributed by atoms with Crippen molar-refractivity contribution in [1.29, 1.82) is 0 Å². The van der Waals surface area contributed by atoms with E-state index in [1.165, 1.54) is 7.11 Å². The van der Waals surface area contributed by atoms with Crippen LogP contribution < -0.4 is 5.32 Å². The first-order chi connectivity index (χ1) is 6.77. The van der Waals surface area contributed by atoms with Gasteiger partial charge < -0.3 is 4.74 Å². The van der Waals surface area contributed by atoms with Gasteiger partial charge in [-0.05, 0) is 12.5 Å². The van der Waals surface area contributed by atoms with E-state index in [-0.39, 0.29) is 0 Å². The Kier molecular flexibility index (Phi) is 3.73. The summed E-state index contributed by atoms with van der Waals surface area (Å²) in [6, 6.07) is 9.60. The molecule has 0 aromatic heterocycles. The van der Waals surface area contributed by atoms with Gasteiger partial charge in [-0.1, -0.05) is 36.4 Å². The van der Waals surface area contributed by atoms with Crippen molar-refractivity contribution in [3.63, 3.8) is 0 Å². The molecule has 0 aliphatic heterocycles. The van der Waals surface area contributed by atoms with Gasteiger partial charge in [0.25, 0.3) is 0 Å². The Morgan fingerprint density at radius 3 is 2.50 bits per heavy atom. The average Bonchev–Trinajstić information content (AvgIpc) is 2.26. The Balaban J connectivity index is 2.79. The van der Waals surface area contributed by atoms with Gasteiger partial charge in [0.05, 0.1) is 7.11 Å². The zero-order valence-electron chi connectivity index (χ0n) is 8.28. The molecule has 0 saturated heterocycles. The molecule has 1 aromatic carbocycles. The normalized spacial score (nSPS) is 10.9. The van der Waals surface area contributed by atoms with Crippen LogP contribution in [0.1, 0.15) is 12.5 Å². The number of hydrogen-bond donors (Lipinski definition) is 1. The third kappa shape index (κ3) is 2.62. The average molecular weight is 191 g/mol. The fraction of sp³-hybridized carbons (Fsp3) is 0.182. The van der Waals surface area contributed by atoms with E-state index in [0.29, 0.717) is 0 Å². The van der Waals surface area contributed by atoms with E-state index in [0.717, 1.165) is 11.3 Å². The minimum absolute atomic E-state index is 0.457. The van der Waals surface area contributed by atoms with Gasteiger partial charge in [0.1, 0.15) is 0 Å². The zero-order chi connectivity index (χ0) is 10.4. The molecule has 1 aromatic rings. The quantitative estimate of drug-likeness (QED) is 0.779. The molecular weight excluding hydrogens is 178 g/mol. The van der Waals surface area contributed by atoms with Gasteiger partial charge in [-0.3, -0.25) is 5.32 Å². The molecule has 0 spiro atoms. The lowest BCUT2D eigenvalue weighted by molar-refractivity contribution is 0.176. The third-order valence-corrected chi connectivity index (χ3v) is 1.80. The summed E-state index contributed by atoms with van der Waals surface area (Å²) in [5.74, 6) is 0. The summed E-state index contributed by atoms with van der Waals surface area (Å²) in [4.78, 5) is 11.0. The maximum Gasteiger partial charge on any atom is 0.411 e. The predicted molar refractivity (Wildman–Crippen MR) is 55.6 cm³/mol. The molecule has 0 atom stereocenters. The summed E-state index contributed by atoms with van der Waals surface area (Å²) in [5, 5.41) is 2.63. The second kappa shape index (κ2) is 5.07. The van der Waals surface area contributed by atoms with Crippen molar-refractivity contribution in [1.82, 2.24) is 5.32 Å². The van der Waals surface area contributed by atoms with E-state index >= 15 is 0 Å². The first-order valence-corrected chi connectivity index (χ1v) is 4.34. The molecule has 1 N–H and O–H groups in total. The fourth-order valence-electron chi connectivity index (χ4n) is 1.09. The zero-order valence-corrected chi connectivity index (χ0v) is 8.28. The molecule has 0 saturated carbocycles. The van der Waals surface area contributed by atoms with Crippen LogP contribution in [-0.4, -0.2) is 13.2 Å². The Labute approximate surface area is 83.4 Å². The number of carbonyl (C=O) groups excluding carboxylic acids is 1. The van der Waals surface area contributed by atoms with Crippen LogP contribution in [0.3, 0.4) is 0 Å². The number of methoxy groups -OCH3 is 1. The number of amides is 1. The van der Waals surface area contributed by atoms with Crippen LogP contribution in [0.25, 0.3) is 5.70 Å². The van der Waals surface area contributed by atoms with Crippen molar-refractivity contribution in [2.24, 2.45) is 0 Å². The Hall–Kier alpha value is -1.77. The fourth-order valence-corrected chi connectivity index (χ4v) is 1.09. The number of nitrogens with one attached hydrogen (secondary N) is 1. The van der Waals surface area contributed by atoms with Crippen LogP contribution in [0.4, 0.5) is 4.79 Å². The van der Waals surface area contributed by atoms with Crippen LogP contribution in [0.2, 0.25) is 0 Å². The lowest BCUT2D eigenvalue weighted by Crippen LogP contribution is -2.21.